The zero-order chi connectivity index (χ0) is 12.1. The molecular weight excluding hydrogens is 208 g/mol. The molecule has 0 aliphatic carbocycles. The zero-order valence-corrected chi connectivity index (χ0v) is 10.5. The first-order valence-corrected chi connectivity index (χ1v) is 6.51. The van der Waals surface area contributed by atoms with Crippen LogP contribution in [0.3, 0.4) is 0 Å². The lowest BCUT2D eigenvalue weighted by atomic mass is 9.88. The summed E-state index contributed by atoms with van der Waals surface area (Å²) in [6.45, 7) is 4.28. The summed E-state index contributed by atoms with van der Waals surface area (Å²) in [6, 6.07) is 13.0. The molecule has 0 bridgehead atoms. The van der Waals surface area contributed by atoms with Crippen LogP contribution in [0.4, 0.5) is 0 Å². The van der Waals surface area contributed by atoms with E-state index in [-0.39, 0.29) is 5.54 Å². The molecule has 2 heteroatoms. The van der Waals surface area contributed by atoms with E-state index in [0.29, 0.717) is 0 Å². The van der Waals surface area contributed by atoms with Gasteiger partial charge in [0.2, 0.25) is 0 Å². The largest absolute Gasteiger partial charge is 0.285 e. The number of nitrogens with zero attached hydrogens (tertiary/aromatic N) is 2. The Hall–Kier alpha value is -1.33. The highest BCUT2D eigenvalue weighted by Gasteiger charge is 2.36. The van der Waals surface area contributed by atoms with Crippen LogP contribution in [0.5, 0.6) is 0 Å². The van der Waals surface area contributed by atoms with Crippen molar-refractivity contribution in [2.45, 2.75) is 38.1 Å². The molecule has 1 unspecified atom stereocenters. The van der Waals surface area contributed by atoms with Crippen LogP contribution in [-0.2, 0) is 6.42 Å². The highest BCUT2D eigenvalue weighted by Crippen LogP contribution is 2.28. The number of hydrogen-bond donors (Lipinski definition) is 0. The van der Waals surface area contributed by atoms with Gasteiger partial charge in [-0.1, -0.05) is 37.3 Å². The highest BCUT2D eigenvalue weighted by atomic mass is 15.2. The van der Waals surface area contributed by atoms with Crippen molar-refractivity contribution in [2.75, 3.05) is 13.1 Å². The van der Waals surface area contributed by atoms with Gasteiger partial charge in [0.05, 0.1) is 6.07 Å². The van der Waals surface area contributed by atoms with Crippen LogP contribution >= 0.6 is 0 Å². The van der Waals surface area contributed by atoms with E-state index in [1.165, 1.54) is 18.4 Å². The fourth-order valence-corrected chi connectivity index (χ4v) is 2.73. The van der Waals surface area contributed by atoms with E-state index in [1.54, 1.807) is 0 Å². The minimum absolute atomic E-state index is 0.294. The Morgan fingerprint density at radius 3 is 2.41 bits per heavy atom. The molecule has 1 heterocycles. The Bertz CT molecular complexity index is 387. The number of likely N-dealkylation sites (tertiary alicyclic amines) is 1. The first-order chi connectivity index (χ1) is 8.30. The third-order valence-electron chi connectivity index (χ3n) is 3.84. The SMILES string of the molecule is CCC(C#N)(Cc1ccccc1)N1CCCC1. The molecule has 2 rings (SSSR count). The summed E-state index contributed by atoms with van der Waals surface area (Å²) in [7, 11) is 0. The van der Waals surface area contributed by atoms with Gasteiger partial charge in [0.1, 0.15) is 5.54 Å². The smallest absolute Gasteiger partial charge is 0.113 e. The molecule has 1 aliphatic rings. The fourth-order valence-electron chi connectivity index (χ4n) is 2.73. The molecule has 17 heavy (non-hydrogen) atoms. The molecule has 0 amide bonds. The second-order valence-corrected chi connectivity index (χ2v) is 4.85. The van der Waals surface area contributed by atoms with Gasteiger partial charge in [0, 0.05) is 6.42 Å². The van der Waals surface area contributed by atoms with E-state index < -0.39 is 0 Å². The van der Waals surface area contributed by atoms with Crippen molar-refractivity contribution >= 4 is 0 Å². The van der Waals surface area contributed by atoms with Gasteiger partial charge in [-0.25, -0.2) is 0 Å². The van der Waals surface area contributed by atoms with E-state index in [0.717, 1.165) is 25.9 Å². The van der Waals surface area contributed by atoms with Crippen LogP contribution in [0.25, 0.3) is 0 Å². The number of benzene rings is 1. The molecule has 0 saturated carbocycles. The molecule has 0 spiro atoms. The Morgan fingerprint density at radius 2 is 1.88 bits per heavy atom. The Balaban J connectivity index is 2.20. The maximum atomic E-state index is 9.61. The maximum Gasteiger partial charge on any atom is 0.113 e. The fraction of sp³-hybridized carbons (Fsp3) is 0.533. The topological polar surface area (TPSA) is 27.0 Å². The number of hydrogen-bond acceptors (Lipinski definition) is 2. The molecule has 0 N–H and O–H groups in total. The monoisotopic (exact) mass is 228 g/mol. The summed E-state index contributed by atoms with van der Waals surface area (Å²) >= 11 is 0. The van der Waals surface area contributed by atoms with Crippen LogP contribution in [0.1, 0.15) is 31.7 Å². The van der Waals surface area contributed by atoms with Crippen LogP contribution < -0.4 is 0 Å². The van der Waals surface area contributed by atoms with Crippen LogP contribution in [0, 0.1) is 11.3 Å². The van der Waals surface area contributed by atoms with Crippen molar-refractivity contribution in [1.29, 1.82) is 5.26 Å². The summed E-state index contributed by atoms with van der Waals surface area (Å²) in [5, 5.41) is 9.61. The molecule has 1 aromatic rings. The average molecular weight is 228 g/mol. The van der Waals surface area contributed by atoms with Crippen LogP contribution in [-0.4, -0.2) is 23.5 Å². The van der Waals surface area contributed by atoms with E-state index >= 15 is 0 Å². The molecule has 0 aromatic heterocycles. The third-order valence-corrected chi connectivity index (χ3v) is 3.84. The van der Waals surface area contributed by atoms with Gasteiger partial charge < -0.3 is 0 Å². The Kier molecular flexibility index (Phi) is 3.81. The summed E-state index contributed by atoms with van der Waals surface area (Å²) < 4.78 is 0. The van der Waals surface area contributed by atoms with Gasteiger partial charge in [-0.15, -0.1) is 0 Å². The van der Waals surface area contributed by atoms with Gasteiger partial charge in [-0.3, -0.25) is 4.90 Å². The van der Waals surface area contributed by atoms with Crippen molar-refractivity contribution in [3.8, 4) is 6.07 Å². The lowest BCUT2D eigenvalue weighted by Gasteiger charge is -2.35. The molecule has 2 nitrogen and oxygen atoms in total. The van der Waals surface area contributed by atoms with Crippen molar-refractivity contribution < 1.29 is 0 Å². The minimum atomic E-state index is -0.294. The zero-order valence-electron chi connectivity index (χ0n) is 10.5. The lowest BCUT2D eigenvalue weighted by Crippen LogP contribution is -2.47. The van der Waals surface area contributed by atoms with Crippen molar-refractivity contribution in [1.82, 2.24) is 4.90 Å². The molecule has 1 aliphatic heterocycles. The minimum Gasteiger partial charge on any atom is -0.285 e. The quantitative estimate of drug-likeness (QED) is 0.792. The van der Waals surface area contributed by atoms with E-state index in [9.17, 15) is 5.26 Å². The van der Waals surface area contributed by atoms with Gasteiger partial charge in [-0.2, -0.15) is 5.26 Å². The summed E-state index contributed by atoms with van der Waals surface area (Å²) in [5.41, 5.74) is 0.973. The Labute approximate surface area is 104 Å². The molecule has 90 valence electrons. The van der Waals surface area contributed by atoms with E-state index in [1.807, 2.05) is 6.07 Å². The molecular formula is C15H20N2. The molecule has 1 aromatic carbocycles. The normalized spacial score (nSPS) is 19.8. The Morgan fingerprint density at radius 1 is 1.24 bits per heavy atom. The van der Waals surface area contributed by atoms with Gasteiger partial charge >= 0.3 is 0 Å². The second kappa shape index (κ2) is 5.33. The molecule has 1 saturated heterocycles. The highest BCUT2D eigenvalue weighted by molar-refractivity contribution is 5.22. The first kappa shape index (κ1) is 12.1. The molecule has 1 fully saturated rings. The van der Waals surface area contributed by atoms with Gasteiger partial charge in [0.15, 0.2) is 0 Å². The molecule has 0 radical (unpaired) electrons. The lowest BCUT2D eigenvalue weighted by molar-refractivity contribution is 0.167. The second-order valence-electron chi connectivity index (χ2n) is 4.85. The van der Waals surface area contributed by atoms with Crippen molar-refractivity contribution in [3.63, 3.8) is 0 Å². The molecule has 1 atom stereocenters. The predicted molar refractivity (Wildman–Crippen MR) is 69.6 cm³/mol. The van der Waals surface area contributed by atoms with Crippen molar-refractivity contribution in [3.05, 3.63) is 35.9 Å². The van der Waals surface area contributed by atoms with Crippen molar-refractivity contribution in [2.24, 2.45) is 0 Å². The van der Waals surface area contributed by atoms with E-state index in [4.69, 9.17) is 0 Å². The first-order valence-electron chi connectivity index (χ1n) is 6.51. The summed E-state index contributed by atoms with van der Waals surface area (Å²) in [5.74, 6) is 0. The number of rotatable bonds is 4. The van der Waals surface area contributed by atoms with E-state index in [2.05, 4.69) is 42.2 Å². The van der Waals surface area contributed by atoms with Crippen LogP contribution in [0.15, 0.2) is 30.3 Å². The van der Waals surface area contributed by atoms with Gasteiger partial charge in [-0.05, 0) is 37.9 Å². The number of nitriles is 1. The maximum absolute atomic E-state index is 9.61. The predicted octanol–water partition coefficient (Wildman–Crippen LogP) is 3.00. The summed E-state index contributed by atoms with van der Waals surface area (Å²) in [4.78, 5) is 2.38. The summed E-state index contributed by atoms with van der Waals surface area (Å²) in [6.07, 6.45) is 4.22. The van der Waals surface area contributed by atoms with Crippen LogP contribution in [0.2, 0.25) is 0 Å². The van der Waals surface area contributed by atoms with Gasteiger partial charge in [0.25, 0.3) is 0 Å². The average Bonchev–Trinajstić information content (AvgIpc) is 2.92. The third kappa shape index (κ3) is 2.50. The standard InChI is InChI=1S/C15H20N2/c1-2-15(13-16,17-10-6-7-11-17)12-14-8-4-3-5-9-14/h3-5,8-9H,2,6-7,10-12H2,1H3.